The van der Waals surface area contributed by atoms with Gasteiger partial charge in [0.15, 0.2) is 5.78 Å². The molecular weight excluding hydrogens is 342 g/mol. The zero-order valence-corrected chi connectivity index (χ0v) is 16.3. The Bertz CT molecular complexity index is 797. The second-order valence-electron chi connectivity index (χ2n) is 6.54. The molecule has 0 fully saturated rings. The summed E-state index contributed by atoms with van der Waals surface area (Å²) >= 11 is 0. The number of aromatic hydroxyl groups is 1. The van der Waals surface area contributed by atoms with Gasteiger partial charge in [0.2, 0.25) is 0 Å². The average molecular weight is 369 g/mol. The monoisotopic (exact) mass is 369 g/mol. The van der Waals surface area contributed by atoms with Crippen LogP contribution in [0.2, 0.25) is 0 Å². The maximum Gasteiger partial charge on any atom is 0.253 e. The first kappa shape index (κ1) is 20.5. The molecular formula is C21H27N3O3. The third-order valence-electron chi connectivity index (χ3n) is 4.24. The zero-order valence-electron chi connectivity index (χ0n) is 16.3. The first-order valence-corrected chi connectivity index (χ1v) is 9.03. The predicted octanol–water partition coefficient (Wildman–Crippen LogP) is 3.36. The molecule has 0 saturated carbocycles. The normalized spacial score (nSPS) is 10.7. The van der Waals surface area contributed by atoms with E-state index in [2.05, 4.69) is 5.32 Å². The van der Waals surface area contributed by atoms with Crippen molar-refractivity contribution in [3.63, 3.8) is 0 Å². The Balaban J connectivity index is 2.24. The number of hydrogen-bond acceptors (Lipinski definition) is 5. The van der Waals surface area contributed by atoms with Gasteiger partial charge in [0.25, 0.3) is 5.91 Å². The lowest BCUT2D eigenvalue weighted by Crippen LogP contribution is -2.30. The lowest BCUT2D eigenvalue weighted by atomic mass is 10.1. The number of Topliss-reactive ketones (excluding diaryl/α,β-unsaturated/α-hetero) is 1. The third kappa shape index (κ3) is 5.08. The molecule has 0 bridgehead atoms. The van der Waals surface area contributed by atoms with Crippen LogP contribution < -0.4 is 5.32 Å². The fourth-order valence-corrected chi connectivity index (χ4v) is 2.85. The lowest BCUT2D eigenvalue weighted by Gasteiger charge is -2.19. The molecule has 0 spiro atoms. The first-order chi connectivity index (χ1) is 12.9. The number of rotatable bonds is 8. The van der Waals surface area contributed by atoms with Crippen LogP contribution in [0.15, 0.2) is 42.5 Å². The summed E-state index contributed by atoms with van der Waals surface area (Å²) in [7, 11) is 3.60. The van der Waals surface area contributed by atoms with Crippen LogP contribution in [-0.2, 0) is 0 Å². The van der Waals surface area contributed by atoms with Crippen LogP contribution in [0.3, 0.4) is 0 Å². The van der Waals surface area contributed by atoms with E-state index in [-0.39, 0.29) is 29.5 Å². The number of nitrogens with one attached hydrogen (secondary N) is 1. The van der Waals surface area contributed by atoms with Gasteiger partial charge in [0.05, 0.1) is 17.8 Å². The van der Waals surface area contributed by atoms with Crippen LogP contribution in [0.25, 0.3) is 0 Å². The molecule has 2 aromatic rings. The zero-order chi connectivity index (χ0) is 20.0. The molecule has 0 aliphatic heterocycles. The highest BCUT2D eigenvalue weighted by Crippen LogP contribution is 2.29. The van der Waals surface area contributed by atoms with Crippen molar-refractivity contribution in [1.82, 2.24) is 9.80 Å². The summed E-state index contributed by atoms with van der Waals surface area (Å²) in [5.74, 6) is -0.236. The van der Waals surface area contributed by atoms with Crippen molar-refractivity contribution >= 4 is 23.1 Å². The Hall–Kier alpha value is -2.86. The molecule has 1 amide bonds. The number of ketones is 1. The van der Waals surface area contributed by atoms with Crippen molar-refractivity contribution in [2.24, 2.45) is 0 Å². The maximum atomic E-state index is 12.5. The van der Waals surface area contributed by atoms with Crippen LogP contribution in [0.5, 0.6) is 5.75 Å². The molecule has 2 N–H and O–H groups in total. The van der Waals surface area contributed by atoms with Gasteiger partial charge in [-0.05, 0) is 64.3 Å². The van der Waals surface area contributed by atoms with Gasteiger partial charge in [-0.25, -0.2) is 0 Å². The number of phenols is 1. The number of nitrogens with zero attached hydrogens (tertiary/aromatic N) is 2. The summed E-state index contributed by atoms with van der Waals surface area (Å²) in [6.45, 7) is 5.42. The Morgan fingerprint density at radius 2 is 1.63 bits per heavy atom. The third-order valence-corrected chi connectivity index (χ3v) is 4.24. The van der Waals surface area contributed by atoms with Crippen molar-refractivity contribution in [2.45, 2.75) is 13.8 Å². The molecule has 0 radical (unpaired) electrons. The summed E-state index contributed by atoms with van der Waals surface area (Å²) in [5, 5.41) is 13.3. The quantitative estimate of drug-likeness (QED) is 0.698. The molecule has 0 heterocycles. The van der Waals surface area contributed by atoms with Crippen molar-refractivity contribution < 1.29 is 14.7 Å². The maximum absolute atomic E-state index is 12.5. The van der Waals surface area contributed by atoms with E-state index in [1.807, 2.05) is 13.8 Å². The summed E-state index contributed by atoms with van der Waals surface area (Å²) in [6.07, 6.45) is 0. The van der Waals surface area contributed by atoms with Crippen molar-refractivity contribution in [3.8, 4) is 5.75 Å². The van der Waals surface area contributed by atoms with Gasteiger partial charge >= 0.3 is 0 Å². The van der Waals surface area contributed by atoms with Gasteiger partial charge in [-0.2, -0.15) is 0 Å². The summed E-state index contributed by atoms with van der Waals surface area (Å²) in [5.41, 5.74) is 2.14. The second-order valence-corrected chi connectivity index (χ2v) is 6.54. The molecule has 0 aromatic heterocycles. The number of anilines is 2. The average Bonchev–Trinajstić information content (AvgIpc) is 2.62. The van der Waals surface area contributed by atoms with E-state index in [1.165, 1.54) is 6.07 Å². The summed E-state index contributed by atoms with van der Waals surface area (Å²) in [4.78, 5) is 28.4. The van der Waals surface area contributed by atoms with E-state index in [1.54, 1.807) is 60.3 Å². The number of amides is 1. The highest BCUT2D eigenvalue weighted by Gasteiger charge is 2.17. The van der Waals surface area contributed by atoms with Gasteiger partial charge in [-0.3, -0.25) is 9.59 Å². The van der Waals surface area contributed by atoms with Crippen LogP contribution in [0.1, 0.15) is 34.6 Å². The van der Waals surface area contributed by atoms with Crippen LogP contribution >= 0.6 is 0 Å². The van der Waals surface area contributed by atoms with E-state index in [0.717, 1.165) is 5.69 Å². The van der Waals surface area contributed by atoms with Crippen molar-refractivity contribution in [2.75, 3.05) is 39.0 Å². The number of carbonyl (C=O) groups is 2. The van der Waals surface area contributed by atoms with Gasteiger partial charge in [0, 0.05) is 24.3 Å². The molecule has 6 nitrogen and oxygen atoms in total. The first-order valence-electron chi connectivity index (χ1n) is 9.03. The smallest absolute Gasteiger partial charge is 0.253 e. The van der Waals surface area contributed by atoms with E-state index >= 15 is 0 Å². The standard InChI is InChI=1S/C21H27N3O3/c1-5-24(6-2)21(27)15-10-12-16(13-11-15)22-17-8-7-9-18(25)20(17)19(26)14-23(3)4/h7-13,22,25H,5-6,14H2,1-4H3. The lowest BCUT2D eigenvalue weighted by molar-refractivity contribution is 0.0772. The molecule has 2 aromatic carbocycles. The van der Waals surface area contributed by atoms with Gasteiger partial charge in [-0.15, -0.1) is 0 Å². The minimum atomic E-state index is -0.172. The van der Waals surface area contributed by atoms with E-state index in [4.69, 9.17) is 0 Å². The number of likely N-dealkylation sites (N-methyl/N-ethyl adjacent to an activating group) is 1. The van der Waals surface area contributed by atoms with Crippen LogP contribution in [0.4, 0.5) is 11.4 Å². The Morgan fingerprint density at radius 3 is 2.19 bits per heavy atom. The Kier molecular flexibility index (Phi) is 6.96. The molecule has 27 heavy (non-hydrogen) atoms. The molecule has 0 aliphatic carbocycles. The highest BCUT2D eigenvalue weighted by atomic mass is 16.3. The number of benzene rings is 2. The fraction of sp³-hybridized carbons (Fsp3) is 0.333. The minimum absolute atomic E-state index is 0.00856. The summed E-state index contributed by atoms with van der Waals surface area (Å²) < 4.78 is 0. The van der Waals surface area contributed by atoms with Crippen LogP contribution in [-0.4, -0.2) is 60.3 Å². The number of phenolic OH excluding ortho intramolecular Hbond substituents is 1. The van der Waals surface area contributed by atoms with E-state index in [9.17, 15) is 14.7 Å². The highest BCUT2D eigenvalue weighted by molar-refractivity contribution is 6.05. The molecule has 0 saturated heterocycles. The SMILES string of the molecule is CCN(CC)C(=O)c1ccc(Nc2cccc(O)c2C(=O)CN(C)C)cc1. The van der Waals surface area contributed by atoms with E-state index < -0.39 is 0 Å². The van der Waals surface area contributed by atoms with Gasteiger partial charge < -0.3 is 20.2 Å². The Labute approximate surface area is 160 Å². The molecule has 0 atom stereocenters. The fourth-order valence-electron chi connectivity index (χ4n) is 2.85. The summed E-state index contributed by atoms with van der Waals surface area (Å²) in [6, 6.07) is 12.0. The number of carbonyl (C=O) groups excluding carboxylic acids is 2. The van der Waals surface area contributed by atoms with Gasteiger partial charge in [-0.1, -0.05) is 6.07 Å². The van der Waals surface area contributed by atoms with Crippen molar-refractivity contribution in [1.29, 1.82) is 0 Å². The van der Waals surface area contributed by atoms with Gasteiger partial charge in [0.1, 0.15) is 5.75 Å². The van der Waals surface area contributed by atoms with Crippen molar-refractivity contribution in [3.05, 3.63) is 53.6 Å². The molecule has 144 valence electrons. The topological polar surface area (TPSA) is 72.9 Å². The molecule has 0 aliphatic rings. The molecule has 2 rings (SSSR count). The second kappa shape index (κ2) is 9.19. The van der Waals surface area contributed by atoms with E-state index in [0.29, 0.717) is 24.3 Å². The largest absolute Gasteiger partial charge is 0.507 e. The number of hydrogen-bond donors (Lipinski definition) is 2. The molecule has 6 heteroatoms. The predicted molar refractivity (Wildman–Crippen MR) is 108 cm³/mol. The minimum Gasteiger partial charge on any atom is -0.507 e. The van der Waals surface area contributed by atoms with Crippen LogP contribution in [0, 0.1) is 0 Å². The Morgan fingerprint density at radius 1 is 1.00 bits per heavy atom. The molecule has 0 unspecified atom stereocenters.